The predicted octanol–water partition coefficient (Wildman–Crippen LogP) is 6.09. The number of rotatable bonds is 7. The number of aromatic amines is 1. The van der Waals surface area contributed by atoms with Gasteiger partial charge in [0.1, 0.15) is 5.82 Å². The molecule has 0 unspecified atom stereocenters. The number of hydrogen-bond acceptors (Lipinski definition) is 5. The number of fused-ring (bicyclic) bond motifs is 1. The van der Waals surface area contributed by atoms with Gasteiger partial charge < -0.3 is 20.9 Å². The number of nitrogens with one attached hydrogen (secondary N) is 4. The Labute approximate surface area is 230 Å². The molecule has 2 heterocycles. The van der Waals surface area contributed by atoms with Crippen molar-refractivity contribution in [3.8, 4) is 11.3 Å². The molecule has 0 spiro atoms. The number of benzene rings is 2. The molecule has 0 radical (unpaired) electrons. The zero-order chi connectivity index (χ0) is 27.6. The number of halogens is 2. The summed E-state index contributed by atoms with van der Waals surface area (Å²) in [6.07, 6.45) is 7.68. The number of para-hydroxylation sites is 1. The molecule has 8 nitrogen and oxygen atoms in total. The van der Waals surface area contributed by atoms with Gasteiger partial charge in [-0.25, -0.2) is 14.4 Å². The van der Waals surface area contributed by atoms with Gasteiger partial charge in [-0.15, -0.1) is 0 Å². The number of H-pyrrole nitrogens is 1. The van der Waals surface area contributed by atoms with Crippen molar-refractivity contribution in [3.63, 3.8) is 0 Å². The molecule has 200 valence electrons. The fourth-order valence-corrected chi connectivity index (χ4v) is 5.28. The number of carbonyl (C=O) groups excluding carboxylic acids is 2. The summed E-state index contributed by atoms with van der Waals surface area (Å²) in [5, 5.41) is 10.3. The maximum absolute atomic E-state index is 14.5. The summed E-state index contributed by atoms with van der Waals surface area (Å²) in [5.41, 5.74) is 2.15. The zero-order valence-electron chi connectivity index (χ0n) is 21.4. The molecule has 1 aliphatic rings. The number of carbonyl (C=O) groups is 2. The van der Waals surface area contributed by atoms with Gasteiger partial charge in [0.25, 0.3) is 5.91 Å². The van der Waals surface area contributed by atoms with Crippen molar-refractivity contribution in [2.45, 2.75) is 44.2 Å². The van der Waals surface area contributed by atoms with Gasteiger partial charge in [0.2, 0.25) is 11.9 Å². The third kappa shape index (κ3) is 5.78. The topological polar surface area (TPSA) is 112 Å². The van der Waals surface area contributed by atoms with Crippen LogP contribution in [0.1, 0.15) is 43.0 Å². The molecule has 1 saturated carbocycles. The van der Waals surface area contributed by atoms with E-state index >= 15 is 0 Å². The van der Waals surface area contributed by atoms with Gasteiger partial charge >= 0.3 is 0 Å². The molecule has 1 aliphatic carbocycles. The first-order valence-corrected chi connectivity index (χ1v) is 13.0. The quantitative estimate of drug-likeness (QED) is 0.210. The van der Waals surface area contributed by atoms with Crippen LogP contribution in [0, 0.1) is 5.82 Å². The predicted molar refractivity (Wildman–Crippen MR) is 151 cm³/mol. The standard InChI is InChI=1S/C29H28ClFN6O2/c1-3-25(38)35-24-11-10-17(13-22(24)31)27(39)37-29(2)12-6-7-18(14-29)34-28-33-16-21(30)26(36-28)20-15-32-23-9-5-4-8-19(20)23/h3-5,8-11,13,15-16,18,32H,1,6-7,12,14H2,2H3,(H,35,38)(H,37,39)(H,33,34,36)/t18-,29+/m1/s1. The monoisotopic (exact) mass is 546 g/mol. The Kier molecular flexibility index (Phi) is 7.34. The molecule has 0 aliphatic heterocycles. The van der Waals surface area contributed by atoms with E-state index in [0.717, 1.165) is 47.9 Å². The molecule has 10 heteroatoms. The largest absolute Gasteiger partial charge is 0.360 e. The average molecular weight is 547 g/mol. The van der Waals surface area contributed by atoms with E-state index in [1.165, 1.54) is 12.1 Å². The minimum atomic E-state index is -0.697. The van der Waals surface area contributed by atoms with E-state index < -0.39 is 17.3 Å². The Bertz CT molecular complexity index is 1570. The van der Waals surface area contributed by atoms with Crippen LogP contribution in [0.5, 0.6) is 0 Å². The smallest absolute Gasteiger partial charge is 0.251 e. The van der Waals surface area contributed by atoms with E-state index in [4.69, 9.17) is 16.6 Å². The first kappa shape index (κ1) is 26.4. The second kappa shape index (κ2) is 10.9. The minimum Gasteiger partial charge on any atom is -0.360 e. The molecule has 0 saturated heterocycles. The zero-order valence-corrected chi connectivity index (χ0v) is 22.1. The van der Waals surface area contributed by atoms with E-state index in [9.17, 15) is 14.0 Å². The van der Waals surface area contributed by atoms with Crippen molar-refractivity contribution in [3.05, 3.63) is 83.9 Å². The molecule has 0 bridgehead atoms. The second-order valence-corrected chi connectivity index (χ2v) is 10.4. The molecule has 2 aromatic carbocycles. The molecule has 2 amide bonds. The maximum Gasteiger partial charge on any atom is 0.251 e. The summed E-state index contributed by atoms with van der Waals surface area (Å²) >= 11 is 6.48. The van der Waals surface area contributed by atoms with Crippen molar-refractivity contribution in [2.24, 2.45) is 0 Å². The van der Waals surface area contributed by atoms with Crippen LogP contribution in [0.4, 0.5) is 16.0 Å². The van der Waals surface area contributed by atoms with Crippen LogP contribution in [0.3, 0.4) is 0 Å². The van der Waals surface area contributed by atoms with Gasteiger partial charge in [-0.1, -0.05) is 36.4 Å². The molecule has 4 N–H and O–H groups in total. The Hall–Kier alpha value is -4.24. The Morgan fingerprint density at radius 1 is 1.26 bits per heavy atom. The SMILES string of the molecule is C=CC(=O)Nc1ccc(C(=O)N[C@@]2(C)CCC[C@@H](Nc3ncc(Cl)c(-c4c[nH]c5ccccc45)n3)C2)cc1F. The second-order valence-electron chi connectivity index (χ2n) is 9.98. The first-order valence-electron chi connectivity index (χ1n) is 12.7. The van der Waals surface area contributed by atoms with Crippen molar-refractivity contribution < 1.29 is 14.0 Å². The lowest BCUT2D eigenvalue weighted by Crippen LogP contribution is -2.51. The number of amides is 2. The fourth-order valence-electron chi connectivity index (χ4n) is 5.09. The number of nitrogens with zero attached hydrogens (tertiary/aromatic N) is 2. The Balaban J connectivity index is 1.28. The van der Waals surface area contributed by atoms with Crippen molar-refractivity contribution in [2.75, 3.05) is 10.6 Å². The van der Waals surface area contributed by atoms with Crippen molar-refractivity contribution in [1.82, 2.24) is 20.3 Å². The molecule has 1 fully saturated rings. The molecule has 4 aromatic rings. The van der Waals surface area contributed by atoms with Crippen LogP contribution < -0.4 is 16.0 Å². The molecular formula is C29H28ClFN6O2. The fraction of sp³-hybridized carbons (Fsp3) is 0.241. The normalized spacial score (nSPS) is 18.9. The first-order chi connectivity index (χ1) is 18.7. The Morgan fingerprint density at radius 3 is 2.87 bits per heavy atom. The summed E-state index contributed by atoms with van der Waals surface area (Å²) in [4.78, 5) is 36.8. The van der Waals surface area contributed by atoms with Crippen molar-refractivity contribution >= 4 is 46.0 Å². The highest BCUT2D eigenvalue weighted by Gasteiger charge is 2.34. The third-order valence-corrected chi connectivity index (χ3v) is 7.27. The highest BCUT2D eigenvalue weighted by molar-refractivity contribution is 6.33. The lowest BCUT2D eigenvalue weighted by molar-refractivity contribution is -0.111. The van der Waals surface area contributed by atoms with Gasteiger partial charge in [0.05, 0.1) is 22.6 Å². The van der Waals surface area contributed by atoms with Gasteiger partial charge in [-0.3, -0.25) is 9.59 Å². The van der Waals surface area contributed by atoms with Crippen LogP contribution in [-0.2, 0) is 4.79 Å². The lowest BCUT2D eigenvalue weighted by atomic mass is 9.80. The highest BCUT2D eigenvalue weighted by atomic mass is 35.5. The molecule has 5 rings (SSSR count). The average Bonchev–Trinajstić information content (AvgIpc) is 3.34. The molecular weight excluding hydrogens is 519 g/mol. The summed E-state index contributed by atoms with van der Waals surface area (Å²) in [6.45, 7) is 5.33. The summed E-state index contributed by atoms with van der Waals surface area (Å²) < 4.78 is 14.5. The van der Waals surface area contributed by atoms with Crippen LogP contribution >= 0.6 is 11.6 Å². The van der Waals surface area contributed by atoms with Crippen LogP contribution in [0.2, 0.25) is 5.02 Å². The number of anilines is 2. The highest BCUT2D eigenvalue weighted by Crippen LogP contribution is 2.34. The van der Waals surface area contributed by atoms with Crippen LogP contribution in [0.25, 0.3) is 22.2 Å². The van der Waals surface area contributed by atoms with Gasteiger partial charge in [0, 0.05) is 39.8 Å². The van der Waals surface area contributed by atoms with Crippen LogP contribution in [0.15, 0.2) is 67.5 Å². The summed E-state index contributed by atoms with van der Waals surface area (Å²) in [5.74, 6) is -1.16. The Morgan fingerprint density at radius 2 is 2.08 bits per heavy atom. The lowest BCUT2D eigenvalue weighted by Gasteiger charge is -2.39. The van der Waals surface area contributed by atoms with Gasteiger partial charge in [-0.2, -0.15) is 0 Å². The number of hydrogen-bond donors (Lipinski definition) is 4. The van der Waals surface area contributed by atoms with E-state index in [0.29, 0.717) is 23.1 Å². The summed E-state index contributed by atoms with van der Waals surface area (Å²) in [6, 6.07) is 11.9. The van der Waals surface area contributed by atoms with Gasteiger partial charge in [0.15, 0.2) is 0 Å². The van der Waals surface area contributed by atoms with Crippen molar-refractivity contribution in [1.29, 1.82) is 0 Å². The van der Waals surface area contributed by atoms with Crippen LogP contribution in [-0.4, -0.2) is 38.3 Å². The molecule has 2 aromatic heterocycles. The molecule has 2 atom stereocenters. The third-order valence-electron chi connectivity index (χ3n) is 6.99. The van der Waals surface area contributed by atoms with E-state index in [1.807, 2.05) is 37.4 Å². The van der Waals surface area contributed by atoms with E-state index in [1.54, 1.807) is 6.20 Å². The maximum atomic E-state index is 14.5. The molecule has 39 heavy (non-hydrogen) atoms. The number of aromatic nitrogens is 3. The van der Waals surface area contributed by atoms with E-state index in [2.05, 4.69) is 32.5 Å². The van der Waals surface area contributed by atoms with Gasteiger partial charge in [-0.05, 0) is 62.9 Å². The van der Waals surface area contributed by atoms with E-state index in [-0.39, 0.29) is 23.2 Å². The summed E-state index contributed by atoms with van der Waals surface area (Å²) in [7, 11) is 0. The minimum absolute atomic E-state index is 0.00859.